The molecule has 1 fully saturated rings. The van der Waals surface area contributed by atoms with Crippen LogP contribution in [0.5, 0.6) is 11.5 Å². The molecule has 218 valence electrons. The molecule has 0 spiro atoms. The van der Waals surface area contributed by atoms with E-state index in [-0.39, 0.29) is 27.8 Å². The molecule has 1 saturated heterocycles. The van der Waals surface area contributed by atoms with Crippen LogP contribution in [0.4, 0.5) is 10.5 Å². The van der Waals surface area contributed by atoms with E-state index in [1.54, 1.807) is 36.4 Å². The van der Waals surface area contributed by atoms with E-state index in [4.69, 9.17) is 44.3 Å². The number of benzene rings is 3. The molecule has 42 heavy (non-hydrogen) atoms. The number of hydrogen-bond donors (Lipinski definition) is 1. The number of nitrogens with zero attached hydrogens (tertiary/aromatic N) is 1. The molecular formula is C29H23Cl3N2O7S. The monoisotopic (exact) mass is 648 g/mol. The lowest BCUT2D eigenvalue weighted by molar-refractivity contribution is -0.127. The van der Waals surface area contributed by atoms with Crippen LogP contribution < -0.4 is 14.8 Å². The number of halogens is 3. The molecule has 0 atom stereocenters. The summed E-state index contributed by atoms with van der Waals surface area (Å²) < 4.78 is 16.3. The fraction of sp³-hybridized carbons (Fsp3) is 0.172. The van der Waals surface area contributed by atoms with Crippen molar-refractivity contribution in [3.63, 3.8) is 0 Å². The molecule has 0 radical (unpaired) electrons. The number of anilines is 1. The smallest absolute Gasteiger partial charge is 0.339 e. The van der Waals surface area contributed by atoms with E-state index in [9.17, 15) is 19.2 Å². The molecule has 3 aromatic carbocycles. The third-order valence-corrected chi connectivity index (χ3v) is 7.62. The van der Waals surface area contributed by atoms with E-state index in [0.717, 1.165) is 10.5 Å². The number of rotatable bonds is 10. The molecular weight excluding hydrogens is 627 g/mol. The van der Waals surface area contributed by atoms with Gasteiger partial charge in [-0.3, -0.25) is 19.3 Å². The van der Waals surface area contributed by atoms with Gasteiger partial charge in [0, 0.05) is 21.3 Å². The third-order valence-electron chi connectivity index (χ3n) is 5.79. The molecule has 3 aromatic rings. The first kappa shape index (κ1) is 31.2. The maximum Gasteiger partial charge on any atom is 0.339 e. The lowest BCUT2D eigenvalue weighted by Crippen LogP contribution is -2.36. The van der Waals surface area contributed by atoms with Crippen LogP contribution in [0.3, 0.4) is 0 Å². The average molecular weight is 650 g/mol. The number of thioether (sulfide) groups is 1. The van der Waals surface area contributed by atoms with Gasteiger partial charge in [-0.05, 0) is 72.8 Å². The Morgan fingerprint density at radius 3 is 2.45 bits per heavy atom. The Morgan fingerprint density at radius 2 is 1.74 bits per heavy atom. The first-order chi connectivity index (χ1) is 20.1. The Labute approximate surface area is 260 Å². The zero-order valence-electron chi connectivity index (χ0n) is 22.2. The number of amides is 3. The van der Waals surface area contributed by atoms with Gasteiger partial charge in [-0.1, -0.05) is 46.9 Å². The Hall–Kier alpha value is -3.70. The van der Waals surface area contributed by atoms with Gasteiger partial charge in [-0.2, -0.15) is 0 Å². The van der Waals surface area contributed by atoms with Gasteiger partial charge in [0.2, 0.25) is 5.91 Å². The van der Waals surface area contributed by atoms with Gasteiger partial charge in [0.15, 0.2) is 11.5 Å². The average Bonchev–Trinajstić information content (AvgIpc) is 3.21. The Balaban J connectivity index is 1.45. The zero-order valence-corrected chi connectivity index (χ0v) is 25.3. The minimum Gasteiger partial charge on any atom is -0.490 e. The second kappa shape index (κ2) is 14.0. The number of methoxy groups -OCH3 is 1. The summed E-state index contributed by atoms with van der Waals surface area (Å²) in [5.74, 6) is -1.04. The highest BCUT2D eigenvalue weighted by molar-refractivity contribution is 8.18. The summed E-state index contributed by atoms with van der Waals surface area (Å²) in [6.45, 7) is 1.84. The molecule has 0 unspecified atom stereocenters. The van der Waals surface area contributed by atoms with Crippen molar-refractivity contribution in [3.8, 4) is 11.5 Å². The predicted octanol–water partition coefficient (Wildman–Crippen LogP) is 7.09. The van der Waals surface area contributed by atoms with Crippen molar-refractivity contribution < 1.29 is 33.4 Å². The molecule has 1 aliphatic rings. The Morgan fingerprint density at radius 1 is 0.952 bits per heavy atom. The molecule has 1 aliphatic heterocycles. The molecule has 0 saturated carbocycles. The van der Waals surface area contributed by atoms with Crippen molar-refractivity contribution in [2.75, 3.05) is 25.6 Å². The highest BCUT2D eigenvalue weighted by atomic mass is 35.5. The van der Waals surface area contributed by atoms with E-state index >= 15 is 0 Å². The van der Waals surface area contributed by atoms with Crippen LogP contribution in [0.15, 0.2) is 59.5 Å². The molecule has 13 heteroatoms. The number of esters is 1. The van der Waals surface area contributed by atoms with Gasteiger partial charge in [-0.25, -0.2) is 4.79 Å². The topological polar surface area (TPSA) is 111 Å². The number of hydrogen-bond acceptors (Lipinski definition) is 8. The fourth-order valence-corrected chi connectivity index (χ4v) is 5.29. The van der Waals surface area contributed by atoms with Crippen molar-refractivity contribution in [1.82, 2.24) is 4.90 Å². The lowest BCUT2D eigenvalue weighted by Gasteiger charge is -2.14. The molecule has 1 N–H and O–H groups in total. The van der Waals surface area contributed by atoms with Gasteiger partial charge < -0.3 is 19.5 Å². The molecule has 1 heterocycles. The normalized spacial score (nSPS) is 13.8. The third kappa shape index (κ3) is 7.57. The van der Waals surface area contributed by atoms with Crippen molar-refractivity contribution >= 4 is 81.4 Å². The molecule has 4 rings (SSSR count). The SMILES string of the molecule is CCOc1cc(/C=C2/SC(=O)N(CC(=O)Nc3ccc(Cl)c(C(=O)OC)c3)C2=O)ccc1OCc1ccc(Cl)cc1Cl. The van der Waals surface area contributed by atoms with Gasteiger partial charge in [0.1, 0.15) is 13.2 Å². The second-order valence-corrected chi connectivity index (χ2v) is 10.9. The van der Waals surface area contributed by atoms with Crippen LogP contribution in [0.1, 0.15) is 28.4 Å². The standard InChI is InChI=1S/C29H23Cl3N2O7S/c1-3-40-24-10-16(4-9-23(24)41-15-17-5-6-18(30)12-22(17)32)11-25-27(36)34(29(38)42-25)14-26(35)33-19-7-8-21(31)20(13-19)28(37)39-2/h4-13H,3,14-15H2,1-2H3,(H,33,35)/b25-11+. The summed E-state index contributed by atoms with van der Waals surface area (Å²) >= 11 is 18.9. The van der Waals surface area contributed by atoms with Gasteiger partial charge >= 0.3 is 5.97 Å². The number of imide groups is 1. The zero-order chi connectivity index (χ0) is 30.4. The van der Waals surface area contributed by atoms with E-state index in [1.807, 2.05) is 6.92 Å². The summed E-state index contributed by atoms with van der Waals surface area (Å²) in [4.78, 5) is 51.1. The number of nitrogens with one attached hydrogen (secondary N) is 1. The first-order valence-corrected chi connectivity index (χ1v) is 14.3. The van der Waals surface area contributed by atoms with Crippen molar-refractivity contribution in [3.05, 3.63) is 91.3 Å². The van der Waals surface area contributed by atoms with E-state index in [0.29, 0.717) is 45.5 Å². The highest BCUT2D eigenvalue weighted by Gasteiger charge is 2.36. The summed E-state index contributed by atoms with van der Waals surface area (Å²) in [5.41, 5.74) is 1.63. The van der Waals surface area contributed by atoms with Crippen molar-refractivity contribution in [1.29, 1.82) is 0 Å². The van der Waals surface area contributed by atoms with Crippen LogP contribution in [0, 0.1) is 0 Å². The van der Waals surface area contributed by atoms with Gasteiger partial charge in [0.05, 0.1) is 29.2 Å². The number of ether oxygens (including phenoxy) is 3. The minimum atomic E-state index is -0.676. The number of carbonyl (C=O) groups is 4. The van der Waals surface area contributed by atoms with E-state index in [1.165, 1.54) is 31.4 Å². The highest BCUT2D eigenvalue weighted by Crippen LogP contribution is 2.35. The van der Waals surface area contributed by atoms with Crippen LogP contribution in [0.25, 0.3) is 6.08 Å². The predicted molar refractivity (Wildman–Crippen MR) is 163 cm³/mol. The van der Waals surface area contributed by atoms with Crippen LogP contribution in [-0.4, -0.2) is 48.2 Å². The summed E-state index contributed by atoms with van der Waals surface area (Å²) in [5, 5.41) is 3.09. The largest absolute Gasteiger partial charge is 0.490 e. The van der Waals surface area contributed by atoms with Gasteiger partial charge in [0.25, 0.3) is 11.1 Å². The summed E-state index contributed by atoms with van der Waals surface area (Å²) in [6, 6.07) is 14.4. The quantitative estimate of drug-likeness (QED) is 0.183. The van der Waals surface area contributed by atoms with Gasteiger partial charge in [-0.15, -0.1) is 0 Å². The first-order valence-electron chi connectivity index (χ1n) is 12.4. The molecule has 9 nitrogen and oxygen atoms in total. The van der Waals surface area contributed by atoms with Crippen molar-refractivity contribution in [2.24, 2.45) is 0 Å². The van der Waals surface area contributed by atoms with Crippen LogP contribution >= 0.6 is 46.6 Å². The summed E-state index contributed by atoms with van der Waals surface area (Å²) in [7, 11) is 1.20. The molecule has 0 aliphatic carbocycles. The van der Waals surface area contributed by atoms with Crippen LogP contribution in [-0.2, 0) is 20.9 Å². The second-order valence-electron chi connectivity index (χ2n) is 8.67. The van der Waals surface area contributed by atoms with E-state index < -0.39 is 29.6 Å². The van der Waals surface area contributed by atoms with E-state index in [2.05, 4.69) is 10.1 Å². The maximum absolute atomic E-state index is 13.0. The number of carbonyl (C=O) groups excluding carboxylic acids is 4. The lowest BCUT2D eigenvalue weighted by atomic mass is 10.1. The molecule has 3 amide bonds. The molecule has 0 aromatic heterocycles. The Kier molecular flexibility index (Phi) is 10.4. The fourth-order valence-electron chi connectivity index (χ4n) is 3.80. The minimum absolute atomic E-state index is 0.0580. The summed E-state index contributed by atoms with van der Waals surface area (Å²) in [6.07, 6.45) is 1.53. The van der Waals surface area contributed by atoms with Crippen molar-refractivity contribution in [2.45, 2.75) is 13.5 Å². The van der Waals surface area contributed by atoms with Crippen LogP contribution in [0.2, 0.25) is 15.1 Å². The molecule has 0 bridgehead atoms. The Bertz CT molecular complexity index is 1600. The maximum atomic E-state index is 13.0.